The number of aromatic nitrogens is 3. The molecule has 2 N–H and O–H groups in total. The van der Waals surface area contributed by atoms with Crippen LogP contribution >= 0.6 is 0 Å². The highest BCUT2D eigenvalue weighted by atomic mass is 15.2. The fourth-order valence-corrected chi connectivity index (χ4v) is 3.07. The highest BCUT2D eigenvalue weighted by Crippen LogP contribution is 2.17. The number of benzene rings is 3. The molecule has 158 valence electrons. The standard InChI is InChI=1S/C27H25N5/c1-4-12-22(13-5-1)16-10-20-28-26-30-25(24-18-8-3-9-19-24)31-27(32-26)29-21-11-17-23-14-6-2-7-15-23/h1-19H,20-21H2,(H2,28,29,30,31,32)/b16-10+,17-11+. The van der Waals surface area contributed by atoms with Crippen LogP contribution < -0.4 is 10.6 Å². The van der Waals surface area contributed by atoms with Crippen LogP contribution in [0, 0.1) is 0 Å². The van der Waals surface area contributed by atoms with Crippen molar-refractivity contribution in [2.75, 3.05) is 23.7 Å². The third kappa shape index (κ3) is 6.37. The normalized spacial score (nSPS) is 11.1. The second-order valence-corrected chi connectivity index (χ2v) is 7.06. The Morgan fingerprint density at radius 1 is 0.531 bits per heavy atom. The van der Waals surface area contributed by atoms with Gasteiger partial charge in [-0.05, 0) is 11.1 Å². The van der Waals surface area contributed by atoms with Crippen LogP contribution in [0.1, 0.15) is 11.1 Å². The first-order valence-electron chi connectivity index (χ1n) is 10.6. The Kier molecular flexibility index (Phi) is 7.37. The van der Waals surface area contributed by atoms with E-state index >= 15 is 0 Å². The molecule has 0 fully saturated rings. The maximum Gasteiger partial charge on any atom is 0.228 e. The number of hydrogen-bond donors (Lipinski definition) is 2. The predicted octanol–water partition coefficient (Wildman–Crippen LogP) is 5.79. The fraction of sp³-hybridized carbons (Fsp3) is 0.0741. The monoisotopic (exact) mass is 419 g/mol. The lowest BCUT2D eigenvalue weighted by Crippen LogP contribution is -2.10. The number of hydrogen-bond acceptors (Lipinski definition) is 5. The van der Waals surface area contributed by atoms with Gasteiger partial charge in [0.15, 0.2) is 5.82 Å². The largest absolute Gasteiger partial charge is 0.351 e. The molecule has 32 heavy (non-hydrogen) atoms. The van der Waals surface area contributed by atoms with E-state index in [1.807, 2.05) is 66.7 Å². The zero-order chi connectivity index (χ0) is 21.8. The van der Waals surface area contributed by atoms with Gasteiger partial charge in [0.25, 0.3) is 0 Å². The summed E-state index contributed by atoms with van der Waals surface area (Å²) in [5, 5.41) is 6.55. The molecule has 5 nitrogen and oxygen atoms in total. The lowest BCUT2D eigenvalue weighted by molar-refractivity contribution is 1.03. The van der Waals surface area contributed by atoms with Crippen molar-refractivity contribution in [1.82, 2.24) is 15.0 Å². The van der Waals surface area contributed by atoms with Gasteiger partial charge in [-0.3, -0.25) is 0 Å². The van der Waals surface area contributed by atoms with Gasteiger partial charge in [0.05, 0.1) is 0 Å². The van der Waals surface area contributed by atoms with Gasteiger partial charge in [0, 0.05) is 18.7 Å². The molecule has 4 rings (SSSR count). The van der Waals surface area contributed by atoms with Crippen molar-refractivity contribution in [3.8, 4) is 11.4 Å². The molecule has 0 saturated carbocycles. The number of nitrogens with one attached hydrogen (secondary N) is 2. The molecule has 0 saturated heterocycles. The third-order valence-corrected chi connectivity index (χ3v) is 4.64. The van der Waals surface area contributed by atoms with Crippen LogP contribution in [0.25, 0.3) is 23.5 Å². The van der Waals surface area contributed by atoms with E-state index in [1.54, 1.807) is 0 Å². The summed E-state index contributed by atoms with van der Waals surface area (Å²) in [5.74, 6) is 1.70. The van der Waals surface area contributed by atoms with Gasteiger partial charge in [-0.1, -0.05) is 115 Å². The van der Waals surface area contributed by atoms with Crippen LogP contribution in [0.15, 0.2) is 103 Å². The van der Waals surface area contributed by atoms with Gasteiger partial charge < -0.3 is 10.6 Å². The van der Waals surface area contributed by atoms with Gasteiger partial charge in [-0.25, -0.2) is 0 Å². The van der Waals surface area contributed by atoms with Crippen molar-refractivity contribution in [1.29, 1.82) is 0 Å². The second-order valence-electron chi connectivity index (χ2n) is 7.06. The van der Waals surface area contributed by atoms with Crippen LogP contribution in [-0.2, 0) is 0 Å². The molecule has 1 aromatic heterocycles. The Morgan fingerprint density at radius 3 is 1.44 bits per heavy atom. The van der Waals surface area contributed by atoms with Crippen molar-refractivity contribution in [2.24, 2.45) is 0 Å². The average molecular weight is 420 g/mol. The second kappa shape index (κ2) is 11.2. The first-order valence-corrected chi connectivity index (χ1v) is 10.6. The van der Waals surface area contributed by atoms with Crippen LogP contribution in [-0.4, -0.2) is 28.0 Å². The van der Waals surface area contributed by atoms with Crippen molar-refractivity contribution < 1.29 is 0 Å². The van der Waals surface area contributed by atoms with Crippen molar-refractivity contribution in [3.63, 3.8) is 0 Å². The van der Waals surface area contributed by atoms with Gasteiger partial charge in [-0.2, -0.15) is 15.0 Å². The van der Waals surface area contributed by atoms with E-state index in [1.165, 1.54) is 0 Å². The molecule has 0 aliphatic heterocycles. The zero-order valence-corrected chi connectivity index (χ0v) is 17.7. The quantitative estimate of drug-likeness (QED) is 0.360. The van der Waals surface area contributed by atoms with Crippen molar-refractivity contribution >= 4 is 24.0 Å². The Morgan fingerprint density at radius 2 is 0.969 bits per heavy atom. The van der Waals surface area contributed by atoms with Crippen LogP contribution in [0.5, 0.6) is 0 Å². The molecule has 0 atom stereocenters. The summed E-state index contributed by atoms with van der Waals surface area (Å²) >= 11 is 0. The summed E-state index contributed by atoms with van der Waals surface area (Å²) in [6.07, 6.45) is 8.24. The molecule has 0 bridgehead atoms. The first-order chi connectivity index (χ1) is 15.9. The molecule has 4 aromatic rings. The summed E-state index contributed by atoms with van der Waals surface area (Å²) in [6, 6.07) is 30.3. The Bertz CT molecular complexity index is 1080. The average Bonchev–Trinajstić information content (AvgIpc) is 2.86. The summed E-state index contributed by atoms with van der Waals surface area (Å²) < 4.78 is 0. The van der Waals surface area contributed by atoms with Crippen LogP contribution in [0.4, 0.5) is 11.9 Å². The molecule has 0 aliphatic carbocycles. The Labute approximate surface area is 188 Å². The maximum absolute atomic E-state index is 4.60. The fourth-order valence-electron chi connectivity index (χ4n) is 3.07. The number of nitrogens with zero attached hydrogens (tertiary/aromatic N) is 3. The summed E-state index contributed by atoms with van der Waals surface area (Å²) in [5.41, 5.74) is 3.26. The molecule has 0 radical (unpaired) electrons. The predicted molar refractivity (Wildman–Crippen MR) is 133 cm³/mol. The Balaban J connectivity index is 1.45. The highest BCUT2D eigenvalue weighted by molar-refractivity contribution is 5.58. The topological polar surface area (TPSA) is 62.7 Å². The van der Waals surface area contributed by atoms with Crippen molar-refractivity contribution in [2.45, 2.75) is 0 Å². The SMILES string of the molecule is C(=C\c1ccccc1)/CNc1nc(NC/C=C/c2ccccc2)nc(-c2ccccc2)n1. The molecule has 1 heterocycles. The molecule has 0 aliphatic rings. The summed E-state index contributed by atoms with van der Waals surface area (Å²) in [7, 11) is 0. The minimum absolute atomic E-state index is 0.533. The van der Waals surface area contributed by atoms with Gasteiger partial charge in [0.1, 0.15) is 0 Å². The Hall–Kier alpha value is -4.25. The lowest BCUT2D eigenvalue weighted by Gasteiger charge is -2.09. The number of anilines is 2. The molecule has 0 amide bonds. The van der Waals surface area contributed by atoms with E-state index in [2.05, 4.69) is 74.2 Å². The van der Waals surface area contributed by atoms with E-state index in [0.29, 0.717) is 30.8 Å². The highest BCUT2D eigenvalue weighted by Gasteiger charge is 2.07. The zero-order valence-electron chi connectivity index (χ0n) is 17.7. The van der Waals surface area contributed by atoms with E-state index in [9.17, 15) is 0 Å². The van der Waals surface area contributed by atoms with Crippen molar-refractivity contribution in [3.05, 3.63) is 114 Å². The lowest BCUT2D eigenvalue weighted by atomic mass is 10.2. The smallest absolute Gasteiger partial charge is 0.228 e. The molecule has 0 unspecified atom stereocenters. The summed E-state index contributed by atoms with van der Waals surface area (Å²) in [6.45, 7) is 1.22. The van der Waals surface area contributed by atoms with E-state index in [-0.39, 0.29) is 0 Å². The molecule has 3 aromatic carbocycles. The maximum atomic E-state index is 4.60. The first kappa shape index (κ1) is 21.0. The molecule has 0 spiro atoms. The number of rotatable bonds is 9. The third-order valence-electron chi connectivity index (χ3n) is 4.64. The van der Waals surface area contributed by atoms with Crippen LogP contribution in [0.2, 0.25) is 0 Å². The van der Waals surface area contributed by atoms with E-state index in [4.69, 9.17) is 0 Å². The van der Waals surface area contributed by atoms with Gasteiger partial charge in [-0.15, -0.1) is 0 Å². The minimum Gasteiger partial charge on any atom is -0.351 e. The summed E-state index contributed by atoms with van der Waals surface area (Å²) in [4.78, 5) is 13.7. The van der Waals surface area contributed by atoms with Gasteiger partial charge in [0.2, 0.25) is 11.9 Å². The van der Waals surface area contributed by atoms with Gasteiger partial charge >= 0.3 is 0 Å². The minimum atomic E-state index is 0.533. The van der Waals surface area contributed by atoms with Crippen LogP contribution in [0.3, 0.4) is 0 Å². The van der Waals surface area contributed by atoms with E-state index < -0.39 is 0 Å². The molecular weight excluding hydrogens is 394 g/mol. The molecular formula is C27H25N5. The molecule has 5 heteroatoms. The van der Waals surface area contributed by atoms with E-state index in [0.717, 1.165) is 16.7 Å².